The molecule has 1 aromatic rings. The van der Waals surface area contributed by atoms with Gasteiger partial charge in [-0.3, -0.25) is 4.79 Å². The summed E-state index contributed by atoms with van der Waals surface area (Å²) in [6.07, 6.45) is 2.13. The molecule has 1 N–H and O–H groups in total. The molecule has 0 unspecified atom stereocenters. The second-order valence-electron chi connectivity index (χ2n) is 4.69. The minimum absolute atomic E-state index is 0.0989. The molecule has 1 aliphatic rings. The number of hydrogen-bond donors (Lipinski definition) is 1. The Morgan fingerprint density at radius 2 is 2.00 bits per heavy atom. The van der Waals surface area contributed by atoms with Crippen LogP contribution in [0.1, 0.15) is 24.8 Å². The largest absolute Gasteiger partial charge is 0.481 e. The van der Waals surface area contributed by atoms with Gasteiger partial charge in [0.2, 0.25) is 0 Å². The zero-order valence-electron chi connectivity index (χ0n) is 9.49. The second-order valence-corrected chi connectivity index (χ2v) is 5.13. The summed E-state index contributed by atoms with van der Waals surface area (Å²) in [6.45, 7) is 1.04. The molecule has 0 bridgehead atoms. The van der Waals surface area contributed by atoms with Gasteiger partial charge in [-0.05, 0) is 30.5 Å². The van der Waals surface area contributed by atoms with Crippen molar-refractivity contribution in [3.05, 3.63) is 34.9 Å². The molecule has 4 heteroatoms. The molecule has 1 fully saturated rings. The highest BCUT2D eigenvalue weighted by Crippen LogP contribution is 2.49. The van der Waals surface area contributed by atoms with E-state index in [-0.39, 0.29) is 11.8 Å². The van der Waals surface area contributed by atoms with E-state index < -0.39 is 5.97 Å². The van der Waals surface area contributed by atoms with Gasteiger partial charge in [-0.1, -0.05) is 23.7 Å². The first-order valence-corrected chi connectivity index (χ1v) is 6.01. The van der Waals surface area contributed by atoms with Crippen LogP contribution in [0.5, 0.6) is 0 Å². The molecule has 2 rings (SSSR count). The molecule has 0 atom stereocenters. The van der Waals surface area contributed by atoms with Crippen molar-refractivity contribution in [2.45, 2.75) is 25.9 Å². The molecule has 0 aliphatic heterocycles. The maximum Gasteiger partial charge on any atom is 0.303 e. The lowest BCUT2D eigenvalue weighted by Crippen LogP contribution is -2.15. The van der Waals surface area contributed by atoms with Gasteiger partial charge in [0.25, 0.3) is 0 Å². The molecule has 3 nitrogen and oxygen atoms in total. The molecule has 1 aliphatic carbocycles. The lowest BCUT2D eigenvalue weighted by Gasteiger charge is -2.12. The van der Waals surface area contributed by atoms with E-state index in [4.69, 9.17) is 21.4 Å². The number of carbonyl (C=O) groups is 1. The Balaban J connectivity index is 1.76. The number of carboxylic acid groups (broad SMARTS) is 1. The average Bonchev–Trinajstić information content (AvgIpc) is 3.00. The molecule has 1 saturated carbocycles. The summed E-state index contributed by atoms with van der Waals surface area (Å²) < 4.78 is 5.58. The molecule has 0 heterocycles. The second kappa shape index (κ2) is 5.07. The van der Waals surface area contributed by atoms with Crippen LogP contribution < -0.4 is 0 Å². The molecule has 0 saturated heterocycles. The van der Waals surface area contributed by atoms with Crippen LogP contribution in [0, 0.1) is 5.41 Å². The summed E-state index contributed by atoms with van der Waals surface area (Å²) in [7, 11) is 0. The molecule has 0 aromatic heterocycles. The molecular formula is C13H15ClO3. The molecule has 0 radical (unpaired) electrons. The third-order valence-corrected chi connectivity index (χ3v) is 3.33. The number of aliphatic carboxylic acids is 1. The van der Waals surface area contributed by atoms with Gasteiger partial charge in [0, 0.05) is 10.4 Å². The first-order chi connectivity index (χ1) is 8.10. The lowest BCUT2D eigenvalue weighted by molar-refractivity contribution is -0.139. The van der Waals surface area contributed by atoms with Crippen molar-refractivity contribution >= 4 is 17.6 Å². The highest BCUT2D eigenvalue weighted by atomic mass is 35.5. The van der Waals surface area contributed by atoms with E-state index in [2.05, 4.69) is 0 Å². The fraction of sp³-hybridized carbons (Fsp3) is 0.462. The standard InChI is InChI=1S/C13H15ClO3/c14-11-3-1-10(2-4-11)8-17-9-13(5-6-13)7-12(15)16/h1-4H,5-9H2,(H,15,16). The molecule has 1 aromatic carbocycles. The van der Waals surface area contributed by atoms with Crippen LogP contribution in [-0.2, 0) is 16.1 Å². The van der Waals surface area contributed by atoms with Crippen molar-refractivity contribution < 1.29 is 14.6 Å². The predicted octanol–water partition coefficient (Wildman–Crippen LogP) is 3.11. The number of hydrogen-bond acceptors (Lipinski definition) is 2. The summed E-state index contributed by atoms with van der Waals surface area (Å²) in [5.74, 6) is -0.738. The van der Waals surface area contributed by atoms with Crippen LogP contribution >= 0.6 is 11.6 Å². The SMILES string of the molecule is O=C(O)CC1(COCc2ccc(Cl)cc2)CC1. The Hall–Kier alpha value is -1.06. The molecule has 0 amide bonds. The average molecular weight is 255 g/mol. The summed E-state index contributed by atoms with van der Waals surface area (Å²) in [6, 6.07) is 7.48. The van der Waals surface area contributed by atoms with Gasteiger partial charge in [0.1, 0.15) is 0 Å². The first kappa shape index (κ1) is 12.4. The van der Waals surface area contributed by atoms with Crippen molar-refractivity contribution in [3.63, 3.8) is 0 Å². The van der Waals surface area contributed by atoms with Crippen molar-refractivity contribution in [1.82, 2.24) is 0 Å². The van der Waals surface area contributed by atoms with Crippen LogP contribution in [0.4, 0.5) is 0 Å². The van der Waals surface area contributed by atoms with Gasteiger partial charge in [-0.2, -0.15) is 0 Å². The van der Waals surface area contributed by atoms with Gasteiger partial charge in [0.05, 0.1) is 19.6 Å². The topological polar surface area (TPSA) is 46.5 Å². The monoisotopic (exact) mass is 254 g/mol. The zero-order valence-corrected chi connectivity index (χ0v) is 10.2. The van der Waals surface area contributed by atoms with Gasteiger partial charge >= 0.3 is 5.97 Å². The predicted molar refractivity (Wildman–Crippen MR) is 65.0 cm³/mol. The highest BCUT2D eigenvalue weighted by molar-refractivity contribution is 6.30. The Morgan fingerprint density at radius 3 is 2.53 bits per heavy atom. The van der Waals surface area contributed by atoms with E-state index in [9.17, 15) is 4.79 Å². The Labute approximate surface area is 105 Å². The smallest absolute Gasteiger partial charge is 0.303 e. The van der Waals surface area contributed by atoms with Crippen molar-refractivity contribution in [2.24, 2.45) is 5.41 Å². The summed E-state index contributed by atoms with van der Waals surface area (Å²) >= 11 is 5.78. The minimum atomic E-state index is -0.738. The zero-order chi connectivity index (χ0) is 12.3. The number of rotatable bonds is 6. The Morgan fingerprint density at radius 1 is 1.35 bits per heavy atom. The number of ether oxygens (including phenoxy) is 1. The van der Waals surface area contributed by atoms with E-state index in [0.717, 1.165) is 18.4 Å². The number of carboxylic acids is 1. The van der Waals surface area contributed by atoms with Gasteiger partial charge < -0.3 is 9.84 Å². The lowest BCUT2D eigenvalue weighted by atomic mass is 10.0. The fourth-order valence-electron chi connectivity index (χ4n) is 1.84. The van der Waals surface area contributed by atoms with Crippen LogP contribution in [0.3, 0.4) is 0 Å². The van der Waals surface area contributed by atoms with E-state index in [1.54, 1.807) is 0 Å². The fourth-order valence-corrected chi connectivity index (χ4v) is 1.96. The van der Waals surface area contributed by atoms with Crippen molar-refractivity contribution in [1.29, 1.82) is 0 Å². The minimum Gasteiger partial charge on any atom is -0.481 e. The van der Waals surface area contributed by atoms with E-state index in [0.29, 0.717) is 18.2 Å². The highest BCUT2D eigenvalue weighted by Gasteiger charge is 2.44. The number of benzene rings is 1. The third-order valence-electron chi connectivity index (χ3n) is 3.07. The third kappa shape index (κ3) is 3.72. The van der Waals surface area contributed by atoms with Crippen LogP contribution in [-0.4, -0.2) is 17.7 Å². The maximum absolute atomic E-state index is 10.7. The summed E-state index contributed by atoms with van der Waals surface area (Å²) in [4.78, 5) is 10.7. The van der Waals surface area contributed by atoms with Crippen LogP contribution in [0.15, 0.2) is 24.3 Å². The van der Waals surface area contributed by atoms with E-state index in [1.807, 2.05) is 24.3 Å². The van der Waals surface area contributed by atoms with Gasteiger partial charge in [-0.15, -0.1) is 0 Å². The van der Waals surface area contributed by atoms with Crippen LogP contribution in [0.25, 0.3) is 0 Å². The van der Waals surface area contributed by atoms with E-state index in [1.165, 1.54) is 0 Å². The maximum atomic E-state index is 10.7. The molecular weight excluding hydrogens is 240 g/mol. The Bertz CT molecular complexity index is 396. The molecule has 0 spiro atoms. The quantitative estimate of drug-likeness (QED) is 0.849. The molecule has 92 valence electrons. The van der Waals surface area contributed by atoms with Gasteiger partial charge in [-0.25, -0.2) is 0 Å². The van der Waals surface area contributed by atoms with Crippen molar-refractivity contribution in [2.75, 3.05) is 6.61 Å². The van der Waals surface area contributed by atoms with E-state index >= 15 is 0 Å². The Kier molecular flexibility index (Phi) is 3.69. The summed E-state index contributed by atoms with van der Waals surface area (Å²) in [5.41, 5.74) is 0.957. The normalized spacial score (nSPS) is 16.8. The van der Waals surface area contributed by atoms with Gasteiger partial charge in [0.15, 0.2) is 0 Å². The summed E-state index contributed by atoms with van der Waals surface area (Å²) in [5, 5.41) is 9.47. The first-order valence-electron chi connectivity index (χ1n) is 5.64. The van der Waals surface area contributed by atoms with Crippen LogP contribution in [0.2, 0.25) is 5.02 Å². The number of halogens is 1. The molecule has 17 heavy (non-hydrogen) atoms. The van der Waals surface area contributed by atoms with Crippen molar-refractivity contribution in [3.8, 4) is 0 Å².